The van der Waals surface area contributed by atoms with E-state index in [2.05, 4.69) is 46.5 Å². The quantitative estimate of drug-likeness (QED) is 0.102. The van der Waals surface area contributed by atoms with E-state index in [4.69, 9.17) is 4.18 Å². The predicted molar refractivity (Wildman–Crippen MR) is 89.7 cm³/mol. The molecule has 0 spiro atoms. The maximum Gasteiger partial charge on any atom is 1.00 e. The van der Waals surface area contributed by atoms with E-state index in [0.717, 1.165) is 0 Å². The molecular weight excluding hydrogens is 505 g/mol. The van der Waals surface area contributed by atoms with Crippen LogP contribution in [-0.4, -0.2) is 30.7 Å². The van der Waals surface area contributed by atoms with Crippen LogP contribution in [0.4, 0.5) is 5.69 Å². The maximum atomic E-state index is 11.8. The molecule has 1 aromatic carbocycles. The van der Waals surface area contributed by atoms with Gasteiger partial charge in [0, 0.05) is 22.0 Å². The third kappa shape index (κ3) is 9.36. The standard InChI is InChI=1S/C11H13Br2NO7S2.Na/c12-4-3-11(15)14-9-7-8(22-21-20-16)1-2-10(9)19-23(17,18)6-5-13;/h1-2,7,16H,3-6H2,(H,14,15);/q;+1/p-1. The monoisotopic (exact) mass is 515 g/mol. The van der Waals surface area contributed by atoms with E-state index >= 15 is 0 Å². The molecule has 1 N–H and O–H groups in total. The second kappa shape index (κ2) is 12.9. The molecule has 1 aromatic rings. The van der Waals surface area contributed by atoms with Crippen LogP contribution >= 0.6 is 43.9 Å². The fourth-order valence-electron chi connectivity index (χ4n) is 1.36. The Balaban J connectivity index is 0.00000529. The number of alkyl halides is 2. The second-order valence-corrected chi connectivity index (χ2v) is 7.95. The van der Waals surface area contributed by atoms with Gasteiger partial charge in [0.25, 0.3) is 0 Å². The van der Waals surface area contributed by atoms with Gasteiger partial charge in [0.2, 0.25) is 5.91 Å². The Kier molecular flexibility index (Phi) is 13.2. The number of rotatable bonds is 10. The summed E-state index contributed by atoms with van der Waals surface area (Å²) in [6.45, 7) is 0. The molecule has 24 heavy (non-hydrogen) atoms. The predicted octanol–water partition coefficient (Wildman–Crippen LogP) is -1.25. The van der Waals surface area contributed by atoms with Crippen molar-refractivity contribution in [2.45, 2.75) is 11.3 Å². The number of hydrogen-bond donors (Lipinski definition) is 1. The van der Waals surface area contributed by atoms with Gasteiger partial charge in [-0.25, -0.2) is 0 Å². The fraction of sp³-hybridized carbons (Fsp3) is 0.364. The van der Waals surface area contributed by atoms with Crippen LogP contribution in [0, 0.1) is 0 Å². The van der Waals surface area contributed by atoms with Crippen molar-refractivity contribution < 1.29 is 61.6 Å². The van der Waals surface area contributed by atoms with Gasteiger partial charge in [0.05, 0.1) is 23.5 Å². The van der Waals surface area contributed by atoms with Crippen LogP contribution in [0.2, 0.25) is 0 Å². The Morgan fingerprint density at radius 3 is 2.58 bits per heavy atom. The number of carbonyl (C=O) groups is 1. The molecule has 1 amide bonds. The van der Waals surface area contributed by atoms with Crippen molar-refractivity contribution in [2.24, 2.45) is 0 Å². The molecule has 0 aliphatic heterocycles. The number of halogens is 2. The van der Waals surface area contributed by atoms with Gasteiger partial charge in [-0.1, -0.05) is 31.9 Å². The van der Waals surface area contributed by atoms with Crippen LogP contribution in [0.25, 0.3) is 0 Å². The topological polar surface area (TPSA) is 114 Å². The summed E-state index contributed by atoms with van der Waals surface area (Å²) in [5.74, 6) is -0.611. The second-order valence-electron chi connectivity index (χ2n) is 3.90. The summed E-state index contributed by atoms with van der Waals surface area (Å²) in [4.78, 5) is 12.1. The summed E-state index contributed by atoms with van der Waals surface area (Å²) in [5, 5.41) is 16.3. The van der Waals surface area contributed by atoms with E-state index in [-0.39, 0.29) is 64.4 Å². The summed E-state index contributed by atoms with van der Waals surface area (Å²) >= 11 is 6.76. The molecule has 0 aliphatic rings. The Hall–Kier alpha value is 0.630. The number of nitrogens with one attached hydrogen (secondary N) is 1. The maximum absolute atomic E-state index is 11.8. The summed E-state index contributed by atoms with van der Waals surface area (Å²) in [6.07, 6.45) is 0.186. The minimum atomic E-state index is -3.81. The first-order chi connectivity index (χ1) is 10.9. The van der Waals surface area contributed by atoms with Crippen LogP contribution in [0.5, 0.6) is 5.75 Å². The third-order valence-electron chi connectivity index (χ3n) is 2.25. The van der Waals surface area contributed by atoms with E-state index in [1.54, 1.807) is 0 Å². The van der Waals surface area contributed by atoms with Crippen LogP contribution in [0.15, 0.2) is 23.1 Å². The summed E-state index contributed by atoms with van der Waals surface area (Å²) in [7, 11) is -3.81. The molecule has 0 aromatic heterocycles. The van der Waals surface area contributed by atoms with E-state index in [0.29, 0.717) is 22.3 Å². The average molecular weight is 517 g/mol. The molecule has 0 aliphatic carbocycles. The Morgan fingerprint density at radius 1 is 1.29 bits per heavy atom. The first-order valence-electron chi connectivity index (χ1n) is 6.03. The fourth-order valence-corrected chi connectivity index (χ4v) is 3.99. The van der Waals surface area contributed by atoms with Crippen LogP contribution in [0.3, 0.4) is 0 Å². The number of carbonyl (C=O) groups excluding carboxylic acids is 1. The summed E-state index contributed by atoms with van der Waals surface area (Å²) in [5.41, 5.74) is 0.133. The molecule has 0 atom stereocenters. The van der Waals surface area contributed by atoms with Crippen molar-refractivity contribution in [1.29, 1.82) is 0 Å². The van der Waals surface area contributed by atoms with Crippen LogP contribution in [0.1, 0.15) is 6.42 Å². The summed E-state index contributed by atoms with van der Waals surface area (Å²) in [6, 6.07) is 4.18. The van der Waals surface area contributed by atoms with E-state index < -0.39 is 10.1 Å². The minimum absolute atomic E-state index is 0. The normalized spacial score (nSPS) is 10.8. The molecular formula is C11H12Br2NNaO7S2. The first kappa shape index (κ1) is 24.6. The smallest absolute Gasteiger partial charge is 0.691 e. The molecule has 0 saturated heterocycles. The van der Waals surface area contributed by atoms with Gasteiger partial charge >= 0.3 is 39.7 Å². The Labute approximate surface area is 182 Å². The molecule has 8 nitrogen and oxygen atoms in total. The average Bonchev–Trinajstić information content (AvgIpc) is 2.47. The van der Waals surface area contributed by atoms with Crippen molar-refractivity contribution in [1.82, 2.24) is 0 Å². The molecule has 0 radical (unpaired) electrons. The Morgan fingerprint density at radius 2 is 2.00 bits per heavy atom. The SMILES string of the molecule is O=C(CCBr)Nc1cc(SOO[O-])ccc1OS(=O)(=O)CCBr.[Na+]. The number of benzene rings is 1. The number of hydrogen-bond acceptors (Lipinski definition) is 8. The zero-order chi connectivity index (χ0) is 17.3. The van der Waals surface area contributed by atoms with Crippen LogP contribution in [-0.2, 0) is 24.3 Å². The third-order valence-corrected chi connectivity index (χ3v) is 5.27. The van der Waals surface area contributed by atoms with Gasteiger partial charge < -0.3 is 14.8 Å². The van der Waals surface area contributed by atoms with E-state index in [1.807, 2.05) is 0 Å². The molecule has 0 fully saturated rings. The van der Waals surface area contributed by atoms with Crippen LogP contribution < -0.4 is 44.3 Å². The van der Waals surface area contributed by atoms with Crippen molar-refractivity contribution in [3.05, 3.63) is 18.2 Å². The zero-order valence-electron chi connectivity index (χ0n) is 12.5. The zero-order valence-corrected chi connectivity index (χ0v) is 19.3. The van der Waals surface area contributed by atoms with Crippen molar-refractivity contribution in [3.8, 4) is 5.75 Å². The molecule has 0 bridgehead atoms. The molecule has 13 heteroatoms. The van der Waals surface area contributed by atoms with Gasteiger partial charge in [-0.2, -0.15) is 12.8 Å². The molecule has 0 unspecified atom stereocenters. The number of amides is 1. The van der Waals surface area contributed by atoms with Gasteiger partial charge in [-0.3, -0.25) is 9.83 Å². The molecule has 1 rings (SSSR count). The van der Waals surface area contributed by atoms with Crippen molar-refractivity contribution >= 4 is 65.6 Å². The van der Waals surface area contributed by atoms with Gasteiger partial charge in [-0.05, 0) is 18.2 Å². The Bertz CT molecular complexity index is 633. The van der Waals surface area contributed by atoms with Gasteiger partial charge in [0.15, 0.2) is 5.75 Å². The number of anilines is 1. The van der Waals surface area contributed by atoms with Crippen molar-refractivity contribution in [3.63, 3.8) is 0 Å². The molecule has 0 saturated carbocycles. The van der Waals surface area contributed by atoms with Gasteiger partial charge in [0.1, 0.15) is 0 Å². The minimum Gasteiger partial charge on any atom is -0.691 e. The summed E-state index contributed by atoms with van der Waals surface area (Å²) < 4.78 is 32.7. The first-order valence-corrected chi connectivity index (χ1v) is 10.6. The molecule has 0 heterocycles. The van der Waals surface area contributed by atoms with Gasteiger partial charge in [-0.15, -0.1) is 0 Å². The molecule has 130 valence electrons. The van der Waals surface area contributed by atoms with Crippen molar-refractivity contribution in [2.75, 3.05) is 21.7 Å². The van der Waals surface area contributed by atoms with E-state index in [1.165, 1.54) is 18.2 Å². The largest absolute Gasteiger partial charge is 1.00 e. The van der Waals surface area contributed by atoms with E-state index in [9.17, 15) is 18.5 Å².